The van der Waals surface area contributed by atoms with Crippen LogP contribution in [0.1, 0.15) is 25.8 Å². The van der Waals surface area contributed by atoms with Gasteiger partial charge in [-0.15, -0.1) is 0 Å². The summed E-state index contributed by atoms with van der Waals surface area (Å²) in [5, 5.41) is 14.2. The van der Waals surface area contributed by atoms with Gasteiger partial charge >= 0.3 is 0 Å². The number of nitro groups is 1. The summed E-state index contributed by atoms with van der Waals surface area (Å²) in [6, 6.07) is 5.84. The van der Waals surface area contributed by atoms with Gasteiger partial charge in [0.25, 0.3) is 5.69 Å². The number of morpholine rings is 1. The molecule has 0 radical (unpaired) electrons. The fourth-order valence-corrected chi connectivity index (χ4v) is 2.67. The van der Waals surface area contributed by atoms with Crippen LogP contribution >= 0.6 is 0 Å². The first kappa shape index (κ1) is 15.7. The van der Waals surface area contributed by atoms with Gasteiger partial charge in [-0.25, -0.2) is 0 Å². The Labute approximate surface area is 125 Å². The van der Waals surface area contributed by atoms with Crippen LogP contribution in [0.5, 0.6) is 0 Å². The van der Waals surface area contributed by atoms with Crippen LogP contribution in [0.2, 0.25) is 0 Å². The fraction of sp³-hybridized carbons (Fsp3) is 0.600. The molecule has 1 aliphatic heterocycles. The van der Waals surface area contributed by atoms with Crippen LogP contribution in [-0.2, 0) is 11.3 Å². The normalized spacial score (nSPS) is 19.4. The topological polar surface area (TPSA) is 67.6 Å². The number of nitro benzene ring substituents is 1. The number of ether oxygens (including phenoxy) is 1. The van der Waals surface area contributed by atoms with Crippen molar-refractivity contribution < 1.29 is 9.66 Å². The molecule has 1 aromatic carbocycles. The molecule has 116 valence electrons. The van der Waals surface area contributed by atoms with E-state index in [1.165, 1.54) is 0 Å². The van der Waals surface area contributed by atoms with Gasteiger partial charge in [0.1, 0.15) is 5.69 Å². The van der Waals surface area contributed by atoms with Crippen LogP contribution in [-0.4, -0.2) is 42.2 Å². The Kier molecular flexibility index (Phi) is 5.52. The highest BCUT2D eigenvalue weighted by Crippen LogP contribution is 2.26. The van der Waals surface area contributed by atoms with E-state index >= 15 is 0 Å². The summed E-state index contributed by atoms with van der Waals surface area (Å²) >= 11 is 0. The molecule has 0 aromatic heterocycles. The number of anilines is 1. The predicted molar refractivity (Wildman–Crippen MR) is 82.6 cm³/mol. The molecule has 6 heteroatoms. The second-order valence-electron chi connectivity index (χ2n) is 5.25. The second kappa shape index (κ2) is 7.38. The number of rotatable bonds is 6. The molecule has 0 amide bonds. The molecule has 2 rings (SSSR count). The molecule has 1 heterocycles. The van der Waals surface area contributed by atoms with Crippen LogP contribution in [0.25, 0.3) is 0 Å². The van der Waals surface area contributed by atoms with Crippen molar-refractivity contribution in [1.29, 1.82) is 0 Å². The average Bonchev–Trinajstić information content (AvgIpc) is 2.49. The SMILES string of the molecule is CCNc1ccc(CN2CCOCC2CC)cc1[N+](=O)[O-]. The quantitative estimate of drug-likeness (QED) is 0.645. The summed E-state index contributed by atoms with van der Waals surface area (Å²) in [5.41, 5.74) is 1.71. The second-order valence-corrected chi connectivity index (χ2v) is 5.25. The molecule has 1 fully saturated rings. The lowest BCUT2D eigenvalue weighted by Crippen LogP contribution is -2.44. The van der Waals surface area contributed by atoms with Crippen molar-refractivity contribution in [3.63, 3.8) is 0 Å². The maximum absolute atomic E-state index is 11.2. The van der Waals surface area contributed by atoms with E-state index in [9.17, 15) is 10.1 Å². The third-order valence-electron chi connectivity index (χ3n) is 3.83. The monoisotopic (exact) mass is 293 g/mol. The Morgan fingerprint density at radius 3 is 2.95 bits per heavy atom. The van der Waals surface area contributed by atoms with E-state index in [1.54, 1.807) is 12.1 Å². The first-order valence-corrected chi connectivity index (χ1v) is 7.48. The molecule has 0 saturated carbocycles. The minimum absolute atomic E-state index is 0.149. The summed E-state index contributed by atoms with van der Waals surface area (Å²) in [6.07, 6.45) is 1.03. The van der Waals surface area contributed by atoms with Gasteiger partial charge < -0.3 is 10.1 Å². The molecule has 1 aliphatic rings. The zero-order valence-electron chi connectivity index (χ0n) is 12.7. The van der Waals surface area contributed by atoms with Crippen molar-refractivity contribution >= 4 is 11.4 Å². The first-order valence-electron chi connectivity index (χ1n) is 7.48. The third-order valence-corrected chi connectivity index (χ3v) is 3.83. The predicted octanol–water partition coefficient (Wildman–Crippen LogP) is 2.64. The smallest absolute Gasteiger partial charge is 0.292 e. The Bertz CT molecular complexity index is 493. The fourth-order valence-electron chi connectivity index (χ4n) is 2.67. The molecule has 6 nitrogen and oxygen atoms in total. The number of nitrogens with zero attached hydrogens (tertiary/aromatic N) is 2. The standard InChI is InChI=1S/C15H23N3O3/c1-3-13-11-21-8-7-17(13)10-12-5-6-14(16-4-2)15(9-12)18(19)20/h5-6,9,13,16H,3-4,7-8,10-11H2,1-2H3. The van der Waals surface area contributed by atoms with Crippen LogP contribution in [0.3, 0.4) is 0 Å². The van der Waals surface area contributed by atoms with Gasteiger partial charge in [0, 0.05) is 31.7 Å². The van der Waals surface area contributed by atoms with Crippen LogP contribution in [0, 0.1) is 10.1 Å². The van der Waals surface area contributed by atoms with Gasteiger partial charge in [-0.2, -0.15) is 0 Å². The summed E-state index contributed by atoms with van der Waals surface area (Å²) in [4.78, 5) is 13.2. The van der Waals surface area contributed by atoms with Gasteiger partial charge in [-0.3, -0.25) is 15.0 Å². The zero-order valence-corrected chi connectivity index (χ0v) is 12.7. The van der Waals surface area contributed by atoms with E-state index < -0.39 is 0 Å². The Hall–Kier alpha value is -1.66. The van der Waals surface area contributed by atoms with E-state index in [-0.39, 0.29) is 10.6 Å². The molecule has 0 spiro atoms. The van der Waals surface area contributed by atoms with E-state index in [4.69, 9.17) is 4.74 Å². The average molecular weight is 293 g/mol. The van der Waals surface area contributed by atoms with Crippen molar-refractivity contribution in [2.75, 3.05) is 31.6 Å². The molecule has 1 atom stereocenters. The molecule has 0 bridgehead atoms. The highest BCUT2D eigenvalue weighted by atomic mass is 16.6. The van der Waals surface area contributed by atoms with E-state index in [2.05, 4.69) is 17.1 Å². The minimum Gasteiger partial charge on any atom is -0.380 e. The van der Waals surface area contributed by atoms with E-state index in [0.29, 0.717) is 18.3 Å². The lowest BCUT2D eigenvalue weighted by Gasteiger charge is -2.35. The van der Waals surface area contributed by atoms with Crippen molar-refractivity contribution in [2.45, 2.75) is 32.9 Å². The molecule has 1 N–H and O–H groups in total. The van der Waals surface area contributed by atoms with Gasteiger partial charge in [-0.1, -0.05) is 13.0 Å². The van der Waals surface area contributed by atoms with Crippen LogP contribution in [0.4, 0.5) is 11.4 Å². The van der Waals surface area contributed by atoms with Crippen molar-refractivity contribution in [3.8, 4) is 0 Å². The van der Waals surface area contributed by atoms with Crippen molar-refractivity contribution in [1.82, 2.24) is 4.90 Å². The van der Waals surface area contributed by atoms with Gasteiger partial charge in [-0.05, 0) is 25.0 Å². The van der Waals surface area contributed by atoms with Gasteiger partial charge in [0.05, 0.1) is 18.1 Å². The molecule has 0 aliphatic carbocycles. The number of hydrogen-bond acceptors (Lipinski definition) is 5. The van der Waals surface area contributed by atoms with Crippen molar-refractivity contribution in [3.05, 3.63) is 33.9 Å². The summed E-state index contributed by atoms with van der Waals surface area (Å²) in [5.74, 6) is 0. The zero-order chi connectivity index (χ0) is 15.2. The Balaban J connectivity index is 2.16. The van der Waals surface area contributed by atoms with Gasteiger partial charge in [0.2, 0.25) is 0 Å². The molecule has 1 saturated heterocycles. The number of nitrogens with one attached hydrogen (secondary N) is 1. The summed E-state index contributed by atoms with van der Waals surface area (Å²) in [7, 11) is 0. The Morgan fingerprint density at radius 1 is 1.48 bits per heavy atom. The maximum Gasteiger partial charge on any atom is 0.292 e. The lowest BCUT2D eigenvalue weighted by atomic mass is 10.1. The van der Waals surface area contributed by atoms with Crippen LogP contribution in [0.15, 0.2) is 18.2 Å². The highest BCUT2D eigenvalue weighted by molar-refractivity contribution is 5.62. The largest absolute Gasteiger partial charge is 0.380 e. The summed E-state index contributed by atoms with van der Waals surface area (Å²) < 4.78 is 5.49. The van der Waals surface area contributed by atoms with Crippen LogP contribution < -0.4 is 5.32 Å². The molecule has 1 unspecified atom stereocenters. The lowest BCUT2D eigenvalue weighted by molar-refractivity contribution is -0.384. The first-order chi connectivity index (χ1) is 10.2. The maximum atomic E-state index is 11.2. The number of hydrogen-bond donors (Lipinski definition) is 1. The number of benzene rings is 1. The molecular weight excluding hydrogens is 270 g/mol. The minimum atomic E-state index is -0.321. The Morgan fingerprint density at radius 2 is 2.29 bits per heavy atom. The third kappa shape index (κ3) is 3.92. The molecular formula is C15H23N3O3. The van der Waals surface area contributed by atoms with Crippen molar-refractivity contribution in [2.24, 2.45) is 0 Å². The summed E-state index contributed by atoms with van der Waals surface area (Å²) in [6.45, 7) is 7.82. The van der Waals surface area contributed by atoms with E-state index in [1.807, 2.05) is 13.0 Å². The van der Waals surface area contributed by atoms with E-state index in [0.717, 1.165) is 38.3 Å². The van der Waals surface area contributed by atoms with Gasteiger partial charge in [0.15, 0.2) is 0 Å². The molecule has 1 aromatic rings. The molecule has 21 heavy (non-hydrogen) atoms. The highest BCUT2D eigenvalue weighted by Gasteiger charge is 2.22.